The van der Waals surface area contributed by atoms with Gasteiger partial charge in [-0.05, 0) is 43.5 Å². The molecule has 1 saturated heterocycles. The van der Waals surface area contributed by atoms with Crippen molar-refractivity contribution in [3.8, 4) is 0 Å². The lowest BCUT2D eigenvalue weighted by Gasteiger charge is -2.32. The van der Waals surface area contributed by atoms with Crippen molar-refractivity contribution in [1.29, 1.82) is 0 Å². The smallest absolute Gasteiger partial charge is 0.227 e. The maximum atomic E-state index is 14.4. The number of benzene rings is 2. The molecule has 0 atom stereocenters. The van der Waals surface area contributed by atoms with Gasteiger partial charge in [-0.15, -0.1) is 11.3 Å². The average molecular weight is 421 g/mol. The average Bonchev–Trinajstić information content (AvgIpc) is 3.15. The van der Waals surface area contributed by atoms with Gasteiger partial charge >= 0.3 is 0 Å². The Balaban J connectivity index is 1.35. The summed E-state index contributed by atoms with van der Waals surface area (Å²) in [5.41, 5.74) is 2.59. The third-order valence-electron chi connectivity index (χ3n) is 5.78. The van der Waals surface area contributed by atoms with Crippen LogP contribution < -0.4 is 10.2 Å². The minimum absolute atomic E-state index is 0.0296. The number of hydrogen-bond acceptors (Lipinski definition) is 5. The summed E-state index contributed by atoms with van der Waals surface area (Å²) in [6, 6.07) is 12.9. The van der Waals surface area contributed by atoms with E-state index in [0.29, 0.717) is 10.9 Å². The van der Waals surface area contributed by atoms with Crippen LogP contribution in [-0.2, 0) is 4.79 Å². The molecule has 2 aromatic carbocycles. The Morgan fingerprint density at radius 3 is 2.73 bits per heavy atom. The fourth-order valence-electron chi connectivity index (χ4n) is 4.09. The van der Waals surface area contributed by atoms with E-state index in [4.69, 9.17) is 0 Å². The number of para-hydroxylation sites is 1. The topological polar surface area (TPSA) is 58.1 Å². The minimum Gasteiger partial charge on any atom is -0.355 e. The Morgan fingerprint density at radius 2 is 1.93 bits per heavy atom. The van der Waals surface area contributed by atoms with Crippen molar-refractivity contribution in [3.63, 3.8) is 0 Å². The van der Waals surface area contributed by atoms with Crippen LogP contribution >= 0.6 is 11.3 Å². The van der Waals surface area contributed by atoms with Crippen molar-refractivity contribution in [2.75, 3.05) is 23.3 Å². The number of fused-ring (bicyclic) bond motifs is 3. The molecular weight excluding hydrogens is 399 g/mol. The van der Waals surface area contributed by atoms with Gasteiger partial charge in [0.1, 0.15) is 18.0 Å². The molecule has 1 aliphatic rings. The number of piperidine rings is 1. The number of nitrogens with one attached hydrogen (secondary N) is 1. The van der Waals surface area contributed by atoms with Crippen LogP contribution in [-0.4, -0.2) is 29.0 Å². The van der Waals surface area contributed by atoms with Crippen LogP contribution in [0.3, 0.4) is 0 Å². The SMILES string of the molecule is Cc1ccccc1NC(=O)C1CCN(c2ncnc3c2sc2cccc(F)c23)CC1. The number of hydrogen-bond donors (Lipinski definition) is 1. The van der Waals surface area contributed by atoms with E-state index in [1.807, 2.05) is 37.3 Å². The molecule has 5 rings (SSSR count). The number of anilines is 2. The highest BCUT2D eigenvalue weighted by molar-refractivity contribution is 7.26. The van der Waals surface area contributed by atoms with Crippen molar-refractivity contribution < 1.29 is 9.18 Å². The van der Waals surface area contributed by atoms with E-state index in [0.717, 1.165) is 52.4 Å². The number of aryl methyl sites for hydroxylation is 1. The Morgan fingerprint density at radius 1 is 1.13 bits per heavy atom. The van der Waals surface area contributed by atoms with E-state index in [9.17, 15) is 9.18 Å². The van der Waals surface area contributed by atoms with Crippen molar-refractivity contribution in [1.82, 2.24) is 9.97 Å². The number of carbonyl (C=O) groups is 1. The van der Waals surface area contributed by atoms with Crippen LogP contribution in [0.5, 0.6) is 0 Å². The van der Waals surface area contributed by atoms with E-state index in [1.54, 1.807) is 6.07 Å². The molecule has 1 amide bonds. The normalized spacial score (nSPS) is 15.1. The predicted molar refractivity (Wildman–Crippen MR) is 120 cm³/mol. The lowest BCUT2D eigenvalue weighted by atomic mass is 9.95. The van der Waals surface area contributed by atoms with Gasteiger partial charge in [-0.3, -0.25) is 4.79 Å². The molecule has 0 unspecified atom stereocenters. The summed E-state index contributed by atoms with van der Waals surface area (Å²) >= 11 is 1.52. The fourth-order valence-corrected chi connectivity index (χ4v) is 5.28. The number of aromatic nitrogens is 2. The lowest BCUT2D eigenvalue weighted by Crippen LogP contribution is -2.38. The van der Waals surface area contributed by atoms with Crippen molar-refractivity contribution >= 4 is 49.1 Å². The summed E-state index contributed by atoms with van der Waals surface area (Å²) in [5.74, 6) is 0.618. The molecule has 4 aromatic rings. The number of halogens is 1. The van der Waals surface area contributed by atoms with Gasteiger partial charge in [0.2, 0.25) is 5.91 Å². The molecule has 3 heterocycles. The zero-order valence-corrected chi connectivity index (χ0v) is 17.4. The molecule has 1 N–H and O–H groups in total. The van der Waals surface area contributed by atoms with E-state index in [-0.39, 0.29) is 17.6 Å². The third kappa shape index (κ3) is 3.29. The fraction of sp³-hybridized carbons (Fsp3) is 0.261. The largest absolute Gasteiger partial charge is 0.355 e. The van der Waals surface area contributed by atoms with Gasteiger partial charge in [0.05, 0.1) is 15.6 Å². The maximum Gasteiger partial charge on any atom is 0.227 e. The van der Waals surface area contributed by atoms with Crippen LogP contribution in [0, 0.1) is 18.7 Å². The first kappa shape index (κ1) is 18.9. The van der Waals surface area contributed by atoms with E-state index in [1.165, 1.54) is 23.7 Å². The van der Waals surface area contributed by atoms with Gasteiger partial charge in [-0.2, -0.15) is 0 Å². The molecule has 7 heteroatoms. The summed E-state index contributed by atoms with van der Waals surface area (Å²) in [4.78, 5) is 23.8. The minimum atomic E-state index is -0.255. The summed E-state index contributed by atoms with van der Waals surface area (Å²) in [7, 11) is 0. The lowest BCUT2D eigenvalue weighted by molar-refractivity contribution is -0.120. The zero-order chi connectivity index (χ0) is 20.7. The number of carbonyl (C=O) groups excluding carboxylic acids is 1. The Bertz CT molecular complexity index is 1250. The second-order valence-electron chi connectivity index (χ2n) is 7.66. The van der Waals surface area contributed by atoms with E-state index in [2.05, 4.69) is 20.2 Å². The van der Waals surface area contributed by atoms with Crippen LogP contribution in [0.4, 0.5) is 15.9 Å². The molecule has 2 aromatic heterocycles. The Labute approximate surface area is 177 Å². The molecule has 30 heavy (non-hydrogen) atoms. The summed E-state index contributed by atoms with van der Waals surface area (Å²) < 4.78 is 16.1. The molecular formula is C23H21FN4OS. The molecule has 0 spiro atoms. The molecule has 0 radical (unpaired) electrons. The molecule has 1 aliphatic heterocycles. The Hall–Kier alpha value is -3.06. The van der Waals surface area contributed by atoms with Gasteiger partial charge in [0.25, 0.3) is 0 Å². The zero-order valence-electron chi connectivity index (χ0n) is 16.6. The molecule has 152 valence electrons. The van der Waals surface area contributed by atoms with Gasteiger partial charge < -0.3 is 10.2 Å². The van der Waals surface area contributed by atoms with Gasteiger partial charge in [-0.1, -0.05) is 24.3 Å². The monoisotopic (exact) mass is 420 g/mol. The van der Waals surface area contributed by atoms with Crippen LogP contribution in [0.15, 0.2) is 48.8 Å². The highest BCUT2D eigenvalue weighted by Gasteiger charge is 2.27. The predicted octanol–water partition coefficient (Wildman–Crippen LogP) is 5.15. The van der Waals surface area contributed by atoms with E-state index >= 15 is 0 Å². The highest BCUT2D eigenvalue weighted by Crippen LogP contribution is 2.39. The first-order valence-corrected chi connectivity index (χ1v) is 10.9. The third-order valence-corrected chi connectivity index (χ3v) is 6.92. The molecule has 5 nitrogen and oxygen atoms in total. The first-order valence-electron chi connectivity index (χ1n) is 10.0. The van der Waals surface area contributed by atoms with Crippen LogP contribution in [0.2, 0.25) is 0 Å². The maximum absolute atomic E-state index is 14.4. The molecule has 0 aliphatic carbocycles. The van der Waals surface area contributed by atoms with Crippen molar-refractivity contribution in [2.45, 2.75) is 19.8 Å². The highest BCUT2D eigenvalue weighted by atomic mass is 32.1. The summed E-state index contributed by atoms with van der Waals surface area (Å²) in [6.07, 6.45) is 3.01. The van der Waals surface area contributed by atoms with Gasteiger partial charge in [0.15, 0.2) is 0 Å². The Kier molecular flexibility index (Phi) is 4.83. The van der Waals surface area contributed by atoms with Gasteiger partial charge in [0, 0.05) is 29.4 Å². The van der Waals surface area contributed by atoms with Crippen molar-refractivity contribution in [2.24, 2.45) is 5.92 Å². The van der Waals surface area contributed by atoms with Gasteiger partial charge in [-0.25, -0.2) is 14.4 Å². The molecule has 1 fully saturated rings. The quantitative estimate of drug-likeness (QED) is 0.498. The standard InChI is InChI=1S/C23H21FN4OS/c1-14-5-2-3-7-17(14)27-23(29)15-9-11-28(12-10-15)22-21-20(25-13-26-22)19-16(24)6-4-8-18(19)30-21/h2-8,13,15H,9-12H2,1H3,(H,27,29). The van der Waals surface area contributed by atoms with Crippen LogP contribution in [0.1, 0.15) is 18.4 Å². The number of amides is 1. The second kappa shape index (κ2) is 7.65. The summed E-state index contributed by atoms with van der Waals surface area (Å²) in [6.45, 7) is 3.45. The molecule has 0 saturated carbocycles. The van der Waals surface area contributed by atoms with Crippen molar-refractivity contribution in [3.05, 3.63) is 60.2 Å². The summed E-state index contributed by atoms with van der Waals surface area (Å²) in [5, 5.41) is 3.63. The van der Waals surface area contributed by atoms with Crippen LogP contribution in [0.25, 0.3) is 20.3 Å². The number of rotatable bonds is 3. The number of thiophene rings is 1. The first-order chi connectivity index (χ1) is 14.6. The second-order valence-corrected chi connectivity index (χ2v) is 8.71. The molecule has 0 bridgehead atoms. The van der Waals surface area contributed by atoms with E-state index < -0.39 is 0 Å². The number of nitrogens with zero attached hydrogens (tertiary/aromatic N) is 3.